The first-order valence-electron chi connectivity index (χ1n) is 5.59. The Labute approximate surface area is 103 Å². The van der Waals surface area contributed by atoms with Crippen LogP contribution in [0.2, 0.25) is 0 Å². The van der Waals surface area contributed by atoms with E-state index >= 15 is 0 Å². The van der Waals surface area contributed by atoms with Gasteiger partial charge in [-0.05, 0) is 33.6 Å². The van der Waals surface area contributed by atoms with Crippen LogP contribution in [0.3, 0.4) is 0 Å². The van der Waals surface area contributed by atoms with Crippen molar-refractivity contribution < 1.29 is 17.9 Å². The summed E-state index contributed by atoms with van der Waals surface area (Å²) >= 11 is 0. The van der Waals surface area contributed by atoms with Crippen molar-refractivity contribution in [2.45, 2.75) is 52.1 Å². The Morgan fingerprint density at radius 1 is 1.24 bits per heavy atom. The van der Waals surface area contributed by atoms with Crippen molar-refractivity contribution in [3.8, 4) is 0 Å². The maximum Gasteiger partial charge on any atom is 0.306 e. The monoisotopic (exact) mass is 266 g/mol. The first-order valence-corrected chi connectivity index (χ1v) is 7.14. The number of hydrogen-bond acceptors (Lipinski definition) is 4. The van der Waals surface area contributed by atoms with Crippen LogP contribution in [0.25, 0.3) is 0 Å². The molecule has 17 heavy (non-hydrogen) atoms. The number of carbonyl (C=O) groups excluding carboxylic acids is 1. The molecule has 0 spiro atoms. The van der Waals surface area contributed by atoms with Crippen LogP contribution in [0.4, 0.5) is 0 Å². The number of ether oxygens (including phenoxy) is 1. The van der Waals surface area contributed by atoms with Gasteiger partial charge >= 0.3 is 5.97 Å². The number of unbranched alkanes of at least 4 members (excludes halogenated alkanes) is 2. The quantitative estimate of drug-likeness (QED) is 0.523. The molecule has 0 aliphatic carbocycles. The highest BCUT2D eigenvalue weighted by atomic mass is 32.2. The zero-order valence-corrected chi connectivity index (χ0v) is 11.5. The molecule has 0 heterocycles. The fourth-order valence-corrected chi connectivity index (χ4v) is 1.61. The third-order valence-electron chi connectivity index (χ3n) is 1.78. The third-order valence-corrected chi connectivity index (χ3v) is 2.39. The van der Waals surface area contributed by atoms with Gasteiger partial charge in [-0.25, -0.2) is 9.86 Å². The molecule has 0 aromatic heterocycles. The van der Waals surface area contributed by atoms with Gasteiger partial charge < -0.3 is 4.74 Å². The van der Waals surface area contributed by atoms with E-state index < -0.39 is 15.8 Å². The zero-order chi connectivity index (χ0) is 13.5. The summed E-state index contributed by atoms with van der Waals surface area (Å²) < 4.78 is 28.4. The average Bonchev–Trinajstić information content (AvgIpc) is 2.06. The molecule has 0 saturated heterocycles. The van der Waals surface area contributed by atoms with E-state index in [0.29, 0.717) is 25.8 Å². The highest BCUT2D eigenvalue weighted by Crippen LogP contribution is 2.10. The summed E-state index contributed by atoms with van der Waals surface area (Å²) in [6.45, 7) is 5.76. The summed E-state index contributed by atoms with van der Waals surface area (Å²) in [4.78, 5) is 11.3. The third kappa shape index (κ3) is 13.3. The van der Waals surface area contributed by atoms with Crippen LogP contribution in [0, 0.1) is 0 Å². The normalized spacial score (nSPS) is 12.5. The van der Waals surface area contributed by atoms with E-state index in [1.807, 2.05) is 20.8 Å². The van der Waals surface area contributed by atoms with Crippen molar-refractivity contribution in [2.75, 3.05) is 6.54 Å². The number of nitrogens with one attached hydrogen (secondary N) is 1. The van der Waals surface area contributed by atoms with E-state index in [1.54, 1.807) is 0 Å². The molecule has 102 valence electrons. The summed E-state index contributed by atoms with van der Waals surface area (Å²) in [5.41, 5.74) is -0.452. The lowest BCUT2D eigenvalue weighted by atomic mass is 10.1. The van der Waals surface area contributed by atoms with E-state index in [1.165, 1.54) is 0 Å². The smallest absolute Gasteiger partial charge is 0.306 e. The van der Waals surface area contributed by atoms with Crippen LogP contribution in [0.1, 0.15) is 46.5 Å². The standard InChI is InChI=1S/C10H22N2O4S/c1-10(2,3)16-9(13)7-5-4-6-8-12-17(11,14)15/h12H,4-8H2,1-3H3,(H2,11,14,15). The summed E-state index contributed by atoms with van der Waals surface area (Å²) in [6.07, 6.45) is 2.44. The van der Waals surface area contributed by atoms with Crippen molar-refractivity contribution in [3.63, 3.8) is 0 Å². The lowest BCUT2D eigenvalue weighted by Crippen LogP contribution is -2.31. The molecule has 0 radical (unpaired) electrons. The topological polar surface area (TPSA) is 98.5 Å². The van der Waals surface area contributed by atoms with Crippen LogP contribution in [0.5, 0.6) is 0 Å². The Hall–Kier alpha value is -0.660. The molecule has 0 aliphatic heterocycles. The molecule has 0 amide bonds. The Kier molecular flexibility index (Phi) is 6.66. The Morgan fingerprint density at radius 2 is 1.82 bits per heavy atom. The van der Waals surface area contributed by atoms with Gasteiger partial charge in [-0.1, -0.05) is 6.42 Å². The first kappa shape index (κ1) is 16.3. The molecule has 0 atom stereocenters. The lowest BCUT2D eigenvalue weighted by molar-refractivity contribution is -0.154. The minimum Gasteiger partial charge on any atom is -0.460 e. The maximum atomic E-state index is 11.3. The second-order valence-electron chi connectivity index (χ2n) is 4.84. The van der Waals surface area contributed by atoms with Gasteiger partial charge in [-0.3, -0.25) is 4.79 Å². The molecular formula is C10H22N2O4S. The van der Waals surface area contributed by atoms with Gasteiger partial charge in [0.25, 0.3) is 10.2 Å². The van der Waals surface area contributed by atoms with Crippen LogP contribution in [0.15, 0.2) is 0 Å². The minimum absolute atomic E-state index is 0.225. The summed E-state index contributed by atoms with van der Waals surface area (Å²) in [6, 6.07) is 0. The molecule has 0 aliphatic rings. The summed E-state index contributed by atoms with van der Waals surface area (Å²) in [5.74, 6) is -0.225. The van der Waals surface area contributed by atoms with E-state index in [4.69, 9.17) is 9.88 Å². The predicted octanol–water partition coefficient (Wildman–Crippen LogP) is 0.682. The molecule has 0 aromatic rings. The SMILES string of the molecule is CC(C)(C)OC(=O)CCCCCNS(N)(=O)=O. The number of rotatable bonds is 7. The fourth-order valence-electron chi connectivity index (χ4n) is 1.18. The molecule has 0 fully saturated rings. The van der Waals surface area contributed by atoms with Crippen molar-refractivity contribution in [3.05, 3.63) is 0 Å². The van der Waals surface area contributed by atoms with E-state index in [-0.39, 0.29) is 5.97 Å². The van der Waals surface area contributed by atoms with Gasteiger partial charge in [0, 0.05) is 13.0 Å². The van der Waals surface area contributed by atoms with Crippen molar-refractivity contribution in [1.29, 1.82) is 0 Å². The largest absolute Gasteiger partial charge is 0.460 e. The highest BCUT2D eigenvalue weighted by Gasteiger charge is 2.15. The molecule has 0 bridgehead atoms. The maximum absolute atomic E-state index is 11.3. The van der Waals surface area contributed by atoms with Gasteiger partial charge in [-0.15, -0.1) is 0 Å². The predicted molar refractivity (Wildman–Crippen MR) is 65.4 cm³/mol. The Morgan fingerprint density at radius 3 is 2.29 bits per heavy atom. The van der Waals surface area contributed by atoms with E-state index in [0.717, 1.165) is 6.42 Å². The first-order chi connectivity index (χ1) is 7.60. The summed E-state index contributed by atoms with van der Waals surface area (Å²) in [5, 5.41) is 4.75. The van der Waals surface area contributed by atoms with Crippen molar-refractivity contribution in [1.82, 2.24) is 4.72 Å². The number of esters is 1. The molecule has 3 N–H and O–H groups in total. The van der Waals surface area contributed by atoms with Crippen LogP contribution < -0.4 is 9.86 Å². The molecule has 0 rings (SSSR count). The second-order valence-corrected chi connectivity index (χ2v) is 6.22. The fraction of sp³-hybridized carbons (Fsp3) is 0.900. The second kappa shape index (κ2) is 6.93. The van der Waals surface area contributed by atoms with Gasteiger partial charge in [-0.2, -0.15) is 8.42 Å². The molecule has 0 unspecified atom stereocenters. The minimum atomic E-state index is -3.59. The van der Waals surface area contributed by atoms with Gasteiger partial charge in [0.15, 0.2) is 0 Å². The molecule has 7 heteroatoms. The van der Waals surface area contributed by atoms with Crippen LogP contribution in [-0.4, -0.2) is 26.5 Å². The lowest BCUT2D eigenvalue weighted by Gasteiger charge is -2.19. The number of hydrogen-bond donors (Lipinski definition) is 2. The average molecular weight is 266 g/mol. The zero-order valence-electron chi connectivity index (χ0n) is 10.7. The van der Waals surface area contributed by atoms with E-state index in [9.17, 15) is 13.2 Å². The Bertz CT molecular complexity index is 333. The van der Waals surface area contributed by atoms with Crippen LogP contribution >= 0.6 is 0 Å². The van der Waals surface area contributed by atoms with Gasteiger partial charge in [0.1, 0.15) is 5.60 Å². The number of carbonyl (C=O) groups is 1. The molecular weight excluding hydrogens is 244 g/mol. The van der Waals surface area contributed by atoms with Crippen molar-refractivity contribution >= 4 is 16.2 Å². The Balaban J connectivity index is 3.50. The van der Waals surface area contributed by atoms with Gasteiger partial charge in [0.2, 0.25) is 0 Å². The summed E-state index contributed by atoms with van der Waals surface area (Å²) in [7, 11) is -3.59. The molecule has 6 nitrogen and oxygen atoms in total. The van der Waals surface area contributed by atoms with Crippen molar-refractivity contribution in [2.24, 2.45) is 5.14 Å². The van der Waals surface area contributed by atoms with Gasteiger partial charge in [0.05, 0.1) is 0 Å². The van der Waals surface area contributed by atoms with E-state index in [2.05, 4.69) is 4.72 Å². The van der Waals surface area contributed by atoms with Crippen LogP contribution in [-0.2, 0) is 19.7 Å². The molecule has 0 saturated carbocycles. The molecule has 0 aromatic carbocycles. The number of nitrogens with two attached hydrogens (primary N) is 1. The highest BCUT2D eigenvalue weighted by molar-refractivity contribution is 7.87.